The highest BCUT2D eigenvalue weighted by Gasteiger charge is 2.35. The lowest BCUT2D eigenvalue weighted by Crippen LogP contribution is -2.34. The first-order chi connectivity index (χ1) is 11.6. The number of benzene rings is 2. The summed E-state index contributed by atoms with van der Waals surface area (Å²) in [6.45, 7) is 0.537. The molecule has 1 saturated heterocycles. The smallest absolute Gasteiger partial charge is 0.249 e. The number of likely N-dealkylation sites (tertiary alicyclic amines) is 1. The molecule has 1 fully saturated rings. The van der Waals surface area contributed by atoms with Crippen molar-refractivity contribution in [2.45, 2.75) is 25.2 Å². The van der Waals surface area contributed by atoms with Crippen LogP contribution < -0.4 is 0 Å². The summed E-state index contributed by atoms with van der Waals surface area (Å²) in [5.74, 6) is -0.543. The molecule has 1 amide bonds. The zero-order valence-corrected chi connectivity index (χ0v) is 13.3. The Labute approximate surface area is 140 Å². The van der Waals surface area contributed by atoms with Crippen LogP contribution in [0.15, 0.2) is 54.6 Å². The molecule has 126 valence electrons. The topological polar surface area (TPSA) is 49.8 Å². The first-order valence-electron chi connectivity index (χ1n) is 7.98. The molecule has 1 N–H and O–H groups in total. The first kappa shape index (κ1) is 16.6. The molecular weight excluding hydrogens is 309 g/mol. The monoisotopic (exact) mass is 329 g/mol. The van der Waals surface area contributed by atoms with Gasteiger partial charge in [-0.15, -0.1) is 0 Å². The van der Waals surface area contributed by atoms with E-state index in [2.05, 4.69) is 0 Å². The lowest BCUT2D eigenvalue weighted by atomic mass is 10.0. The van der Waals surface area contributed by atoms with Gasteiger partial charge in [0.2, 0.25) is 5.91 Å². The van der Waals surface area contributed by atoms with Crippen LogP contribution in [0.25, 0.3) is 0 Å². The van der Waals surface area contributed by atoms with Gasteiger partial charge in [-0.25, -0.2) is 4.39 Å². The molecule has 0 bridgehead atoms. The number of aliphatic hydroxyl groups excluding tert-OH is 1. The van der Waals surface area contributed by atoms with Crippen LogP contribution >= 0.6 is 0 Å². The maximum absolute atomic E-state index is 13.4. The van der Waals surface area contributed by atoms with Gasteiger partial charge in [-0.05, 0) is 29.7 Å². The summed E-state index contributed by atoms with van der Waals surface area (Å²) in [6, 6.07) is 15.5. The van der Waals surface area contributed by atoms with Crippen LogP contribution in [0.4, 0.5) is 4.39 Å². The summed E-state index contributed by atoms with van der Waals surface area (Å²) in [6.07, 6.45) is -0.190. The molecule has 2 aromatic carbocycles. The van der Waals surface area contributed by atoms with E-state index < -0.39 is 6.10 Å². The van der Waals surface area contributed by atoms with Crippen molar-refractivity contribution in [2.24, 2.45) is 0 Å². The van der Waals surface area contributed by atoms with Crippen LogP contribution in [0.2, 0.25) is 0 Å². The van der Waals surface area contributed by atoms with Crippen molar-refractivity contribution < 1.29 is 19.0 Å². The van der Waals surface area contributed by atoms with E-state index in [1.807, 2.05) is 30.3 Å². The minimum atomic E-state index is -0.601. The number of ether oxygens (including phenoxy) is 1. The fourth-order valence-electron chi connectivity index (χ4n) is 3.03. The second-order valence-electron chi connectivity index (χ2n) is 5.98. The highest BCUT2D eigenvalue weighted by atomic mass is 19.1. The minimum Gasteiger partial charge on any atom is -0.391 e. The molecule has 0 unspecified atom stereocenters. The van der Waals surface area contributed by atoms with E-state index in [0.717, 1.165) is 5.56 Å². The molecule has 0 aliphatic carbocycles. The van der Waals surface area contributed by atoms with Crippen LogP contribution in [0.3, 0.4) is 0 Å². The number of amides is 1. The fraction of sp³-hybridized carbons (Fsp3) is 0.316. The van der Waals surface area contributed by atoms with Gasteiger partial charge in [-0.1, -0.05) is 42.5 Å². The minimum absolute atomic E-state index is 0.0621. The quantitative estimate of drug-likeness (QED) is 0.917. The van der Waals surface area contributed by atoms with E-state index in [9.17, 15) is 14.3 Å². The predicted octanol–water partition coefficient (Wildman–Crippen LogP) is 2.68. The molecule has 0 radical (unpaired) electrons. The number of β-amino-alcohol motifs (C(OH)–C–C–N with tert-alkyl or cyclic N) is 1. The average molecular weight is 329 g/mol. The number of hydrogen-bond acceptors (Lipinski definition) is 3. The molecule has 0 aromatic heterocycles. The Morgan fingerprint density at radius 1 is 1.21 bits per heavy atom. The molecule has 1 aliphatic rings. The van der Waals surface area contributed by atoms with Gasteiger partial charge in [0, 0.05) is 6.54 Å². The molecule has 0 spiro atoms. The number of aliphatic hydroxyl groups is 1. The predicted molar refractivity (Wildman–Crippen MR) is 87.6 cm³/mol. The van der Waals surface area contributed by atoms with E-state index in [1.165, 1.54) is 12.1 Å². The van der Waals surface area contributed by atoms with Crippen LogP contribution in [0.5, 0.6) is 0 Å². The van der Waals surface area contributed by atoms with E-state index in [4.69, 9.17) is 4.74 Å². The zero-order valence-electron chi connectivity index (χ0n) is 13.3. The standard InChI is InChI=1S/C19H20FNO3/c20-16-8-4-7-15(9-16)18-10-17(22)11-21(18)19(23)13-24-12-14-5-2-1-3-6-14/h1-9,17-18,22H,10-13H2/t17-,18-/m1/s1. The normalized spacial score (nSPS) is 20.3. The molecule has 1 aliphatic heterocycles. The molecule has 1 heterocycles. The Morgan fingerprint density at radius 3 is 2.75 bits per heavy atom. The summed E-state index contributed by atoms with van der Waals surface area (Å²) < 4.78 is 18.9. The SMILES string of the molecule is O=C(COCc1ccccc1)N1C[C@H](O)C[C@@H]1c1cccc(F)c1. The van der Waals surface area contributed by atoms with E-state index >= 15 is 0 Å². The fourth-order valence-corrected chi connectivity index (χ4v) is 3.03. The van der Waals surface area contributed by atoms with Crippen molar-refractivity contribution in [2.75, 3.05) is 13.2 Å². The second kappa shape index (κ2) is 7.55. The molecular formula is C19H20FNO3. The highest BCUT2D eigenvalue weighted by Crippen LogP contribution is 2.32. The van der Waals surface area contributed by atoms with Crippen molar-refractivity contribution in [3.63, 3.8) is 0 Å². The lowest BCUT2D eigenvalue weighted by Gasteiger charge is -2.24. The van der Waals surface area contributed by atoms with Gasteiger partial charge >= 0.3 is 0 Å². The molecule has 4 nitrogen and oxygen atoms in total. The number of halogens is 1. The Balaban J connectivity index is 1.62. The average Bonchev–Trinajstić information content (AvgIpc) is 2.98. The van der Waals surface area contributed by atoms with Gasteiger partial charge in [0.1, 0.15) is 12.4 Å². The molecule has 2 aromatic rings. The van der Waals surface area contributed by atoms with Crippen LogP contribution in [0.1, 0.15) is 23.6 Å². The summed E-state index contributed by atoms with van der Waals surface area (Å²) in [5, 5.41) is 9.92. The van der Waals surface area contributed by atoms with E-state index in [1.54, 1.807) is 17.0 Å². The van der Waals surface area contributed by atoms with Crippen molar-refractivity contribution in [3.05, 3.63) is 71.5 Å². The third-order valence-electron chi connectivity index (χ3n) is 4.17. The maximum Gasteiger partial charge on any atom is 0.249 e. The molecule has 2 atom stereocenters. The van der Waals surface area contributed by atoms with Gasteiger partial charge in [0.05, 0.1) is 18.8 Å². The summed E-state index contributed by atoms with van der Waals surface area (Å²) in [7, 11) is 0. The Morgan fingerprint density at radius 2 is 2.00 bits per heavy atom. The Kier molecular flexibility index (Phi) is 5.23. The Hall–Kier alpha value is -2.24. The lowest BCUT2D eigenvalue weighted by molar-refractivity contribution is -0.137. The number of nitrogens with zero attached hydrogens (tertiary/aromatic N) is 1. The van der Waals surface area contributed by atoms with E-state index in [0.29, 0.717) is 18.6 Å². The third kappa shape index (κ3) is 3.99. The summed E-state index contributed by atoms with van der Waals surface area (Å²) >= 11 is 0. The van der Waals surface area contributed by atoms with Gasteiger partial charge in [0.15, 0.2) is 0 Å². The van der Waals surface area contributed by atoms with Crippen molar-refractivity contribution in [1.29, 1.82) is 0 Å². The molecule has 24 heavy (non-hydrogen) atoms. The third-order valence-corrected chi connectivity index (χ3v) is 4.17. The number of carbonyl (C=O) groups excluding carboxylic acids is 1. The number of rotatable bonds is 5. The maximum atomic E-state index is 13.4. The van der Waals surface area contributed by atoms with Gasteiger partial charge in [0.25, 0.3) is 0 Å². The number of carbonyl (C=O) groups is 1. The number of hydrogen-bond donors (Lipinski definition) is 1. The van der Waals surface area contributed by atoms with Crippen LogP contribution in [-0.4, -0.2) is 35.2 Å². The molecule has 5 heteroatoms. The van der Waals surface area contributed by atoms with Crippen molar-refractivity contribution in [3.8, 4) is 0 Å². The second-order valence-corrected chi connectivity index (χ2v) is 5.98. The van der Waals surface area contributed by atoms with Gasteiger partial charge in [-0.3, -0.25) is 4.79 Å². The van der Waals surface area contributed by atoms with Crippen LogP contribution in [-0.2, 0) is 16.1 Å². The van der Waals surface area contributed by atoms with Crippen molar-refractivity contribution >= 4 is 5.91 Å². The summed E-state index contributed by atoms with van der Waals surface area (Å²) in [5.41, 5.74) is 1.69. The zero-order chi connectivity index (χ0) is 16.9. The van der Waals surface area contributed by atoms with Crippen LogP contribution in [0, 0.1) is 5.82 Å². The van der Waals surface area contributed by atoms with Crippen molar-refractivity contribution in [1.82, 2.24) is 4.90 Å². The first-order valence-corrected chi connectivity index (χ1v) is 7.98. The largest absolute Gasteiger partial charge is 0.391 e. The summed E-state index contributed by atoms with van der Waals surface area (Å²) in [4.78, 5) is 14.0. The van der Waals surface area contributed by atoms with Gasteiger partial charge < -0.3 is 14.7 Å². The highest BCUT2D eigenvalue weighted by molar-refractivity contribution is 5.78. The Bertz CT molecular complexity index is 692. The molecule has 0 saturated carbocycles. The molecule has 3 rings (SSSR count). The van der Waals surface area contributed by atoms with Gasteiger partial charge in [-0.2, -0.15) is 0 Å². The van der Waals surface area contributed by atoms with E-state index in [-0.39, 0.29) is 30.9 Å².